The van der Waals surface area contributed by atoms with Gasteiger partial charge in [-0.3, -0.25) is 9.59 Å². The Morgan fingerprint density at radius 2 is 1.24 bits per heavy atom. The minimum absolute atomic E-state index is 0.0557. The van der Waals surface area contributed by atoms with Crippen molar-refractivity contribution in [2.45, 2.75) is 26.2 Å². The zero-order chi connectivity index (χ0) is 23.5. The van der Waals surface area contributed by atoms with Crippen LogP contribution < -0.4 is 21.2 Å². The molecule has 0 atom stereocenters. The Morgan fingerprint density at radius 1 is 0.788 bits per heavy atom. The topological polar surface area (TPSA) is 66.4 Å². The normalized spacial score (nSPS) is 11.7. The smallest absolute Gasteiger partial charge is 0.220 e. The Balaban J connectivity index is 1.77. The van der Waals surface area contributed by atoms with Crippen LogP contribution in [0, 0.1) is 0 Å². The Hall–Kier alpha value is -3.23. The van der Waals surface area contributed by atoms with Crippen LogP contribution in [0.2, 0.25) is 0 Å². The number of aliphatic hydroxyl groups excluding tert-OH is 1. The van der Waals surface area contributed by atoms with Crippen LogP contribution in [0.1, 0.15) is 26.2 Å². The zero-order valence-electron chi connectivity index (χ0n) is 19.0. The summed E-state index contributed by atoms with van der Waals surface area (Å²) in [6.07, 6.45) is 3.24. The van der Waals surface area contributed by atoms with E-state index >= 15 is 0 Å². The lowest BCUT2D eigenvalue weighted by Gasteiger charge is -2.27. The fraction of sp³-hybridized carbons (Fsp3) is 0.214. The summed E-state index contributed by atoms with van der Waals surface area (Å²) in [5.41, 5.74) is 0. The van der Waals surface area contributed by atoms with E-state index in [4.69, 9.17) is 0 Å². The summed E-state index contributed by atoms with van der Waals surface area (Å²) in [4.78, 5) is 23.3. The highest BCUT2D eigenvalue weighted by Gasteiger charge is 2.44. The molecular weight excluding hydrogens is 429 g/mol. The summed E-state index contributed by atoms with van der Waals surface area (Å²) in [5.74, 6) is -0.405. The molecule has 0 heterocycles. The second-order valence-corrected chi connectivity index (χ2v) is 11.6. The van der Waals surface area contributed by atoms with Gasteiger partial charge in [-0.2, -0.15) is 0 Å². The maximum Gasteiger partial charge on any atom is 0.220 e. The van der Waals surface area contributed by atoms with Crippen molar-refractivity contribution in [1.82, 2.24) is 5.32 Å². The van der Waals surface area contributed by atoms with E-state index in [0.717, 1.165) is 18.7 Å². The van der Waals surface area contributed by atoms with Crippen molar-refractivity contribution in [3.05, 3.63) is 103 Å². The fourth-order valence-electron chi connectivity index (χ4n) is 4.06. The van der Waals surface area contributed by atoms with Crippen LogP contribution in [0.3, 0.4) is 0 Å². The molecule has 0 aliphatic heterocycles. The van der Waals surface area contributed by atoms with Gasteiger partial charge >= 0.3 is 0 Å². The summed E-state index contributed by atoms with van der Waals surface area (Å²) < 4.78 is 0. The van der Waals surface area contributed by atoms with Gasteiger partial charge in [0.2, 0.25) is 5.91 Å². The summed E-state index contributed by atoms with van der Waals surface area (Å²) in [6.45, 7) is 1.93. The van der Waals surface area contributed by atoms with Crippen molar-refractivity contribution in [3.63, 3.8) is 0 Å². The van der Waals surface area contributed by atoms with Crippen LogP contribution in [0.15, 0.2) is 103 Å². The Bertz CT molecular complexity index is 969. The van der Waals surface area contributed by atoms with E-state index in [1.807, 2.05) is 18.2 Å². The molecule has 0 bridgehead atoms. The first-order valence-electron chi connectivity index (χ1n) is 11.2. The summed E-state index contributed by atoms with van der Waals surface area (Å²) >= 11 is 0. The highest BCUT2D eigenvalue weighted by Crippen LogP contribution is 2.55. The minimum atomic E-state index is -1.90. The molecule has 4 nitrogen and oxygen atoms in total. The van der Waals surface area contributed by atoms with Crippen molar-refractivity contribution in [2.24, 2.45) is 0 Å². The number of benzene rings is 3. The van der Waals surface area contributed by atoms with Gasteiger partial charge < -0.3 is 10.4 Å². The highest BCUT2D eigenvalue weighted by molar-refractivity contribution is 7.95. The van der Waals surface area contributed by atoms with E-state index in [1.54, 1.807) is 0 Å². The molecule has 0 radical (unpaired) electrons. The lowest BCUT2D eigenvalue weighted by molar-refractivity contribution is -0.121. The zero-order valence-corrected chi connectivity index (χ0v) is 19.9. The van der Waals surface area contributed by atoms with Crippen molar-refractivity contribution >= 4 is 34.9 Å². The van der Waals surface area contributed by atoms with Gasteiger partial charge in [-0.05, 0) is 49.7 Å². The van der Waals surface area contributed by atoms with Gasteiger partial charge in [-0.15, -0.1) is 0 Å². The van der Waals surface area contributed by atoms with Gasteiger partial charge in [-0.1, -0.05) is 54.6 Å². The molecule has 0 fully saturated rings. The fourth-order valence-corrected chi connectivity index (χ4v) is 8.41. The van der Waals surface area contributed by atoms with Crippen molar-refractivity contribution in [1.29, 1.82) is 0 Å². The molecule has 5 heteroatoms. The third-order valence-electron chi connectivity index (χ3n) is 5.56. The van der Waals surface area contributed by atoms with Crippen molar-refractivity contribution < 1.29 is 14.7 Å². The van der Waals surface area contributed by atoms with E-state index in [0.29, 0.717) is 6.54 Å². The van der Waals surface area contributed by atoms with E-state index in [2.05, 4.69) is 78.1 Å². The molecule has 3 aromatic carbocycles. The molecule has 0 saturated heterocycles. The predicted molar refractivity (Wildman–Crippen MR) is 138 cm³/mol. The molecule has 33 heavy (non-hydrogen) atoms. The Morgan fingerprint density at radius 3 is 1.67 bits per heavy atom. The first-order chi connectivity index (χ1) is 16.0. The highest BCUT2D eigenvalue weighted by atomic mass is 31.2. The molecule has 2 N–H and O–H groups in total. The minimum Gasteiger partial charge on any atom is -0.512 e. The number of ketones is 1. The average molecular weight is 461 g/mol. The van der Waals surface area contributed by atoms with Crippen LogP contribution in [-0.2, 0) is 9.59 Å². The number of hydrogen-bond acceptors (Lipinski definition) is 3. The second-order valence-electron chi connectivity index (χ2n) is 7.99. The number of rotatable bonds is 11. The van der Waals surface area contributed by atoms with Crippen LogP contribution in [0.5, 0.6) is 0 Å². The first kappa shape index (κ1) is 24.4. The van der Waals surface area contributed by atoms with Crippen LogP contribution in [0.4, 0.5) is 0 Å². The summed E-state index contributed by atoms with van der Waals surface area (Å²) in [7, 11) is -1.90. The quantitative estimate of drug-likeness (QED) is 0.194. The van der Waals surface area contributed by atoms with Gasteiger partial charge in [0.15, 0.2) is 5.78 Å². The average Bonchev–Trinajstić information content (AvgIpc) is 2.84. The van der Waals surface area contributed by atoms with Gasteiger partial charge in [0, 0.05) is 25.5 Å². The van der Waals surface area contributed by atoms with E-state index in [1.165, 1.54) is 22.8 Å². The maximum absolute atomic E-state index is 12.2. The third kappa shape index (κ3) is 6.63. The van der Waals surface area contributed by atoms with Gasteiger partial charge in [-0.25, -0.2) is 0 Å². The van der Waals surface area contributed by atoms with Crippen LogP contribution in [0.25, 0.3) is 0 Å². The first-order valence-corrected chi connectivity index (χ1v) is 13.2. The molecule has 0 saturated carbocycles. The molecule has 170 valence electrons. The molecule has 0 unspecified atom stereocenters. The lowest BCUT2D eigenvalue weighted by atomic mass is 10.2. The van der Waals surface area contributed by atoms with Gasteiger partial charge in [0.05, 0.1) is 11.9 Å². The molecular formula is C28H31NO3P+. The number of nitrogens with one attached hydrogen (secondary N) is 1. The second kappa shape index (κ2) is 12.1. The monoisotopic (exact) mass is 460 g/mol. The Labute approximate surface area is 196 Å². The van der Waals surface area contributed by atoms with Gasteiger partial charge in [0.25, 0.3) is 0 Å². The Kier molecular flexibility index (Phi) is 8.97. The standard InChI is InChI=1S/C28H30NO3P/c1-23(30)22-24(31)18-19-28(32)29-20-11-21-33(25-12-5-2-6-13-25,26-14-7-3-8-15-26)27-16-9-4-10-17-27/h2-10,12-17,22H,11,18-21H2,1H3,(H-,29,30,31,32)/p+1. The SMILES string of the molecule is CC(=O)/C=C(\O)CCC(=O)NCCC[P+](c1ccccc1)(c1ccccc1)c1ccccc1. The summed E-state index contributed by atoms with van der Waals surface area (Å²) in [6, 6.07) is 32.0. The summed E-state index contributed by atoms with van der Waals surface area (Å²) in [5, 5.41) is 16.6. The number of carbonyl (C=O) groups excluding carboxylic acids is 2. The number of aliphatic hydroxyl groups is 1. The van der Waals surface area contributed by atoms with E-state index in [9.17, 15) is 14.7 Å². The molecule has 3 rings (SSSR count). The largest absolute Gasteiger partial charge is 0.512 e. The molecule has 1 amide bonds. The molecule has 0 aliphatic carbocycles. The predicted octanol–water partition coefficient (Wildman–Crippen LogP) is 4.30. The lowest BCUT2D eigenvalue weighted by Crippen LogP contribution is -2.34. The van der Waals surface area contributed by atoms with E-state index < -0.39 is 7.26 Å². The van der Waals surface area contributed by atoms with Crippen molar-refractivity contribution in [2.75, 3.05) is 12.7 Å². The van der Waals surface area contributed by atoms with Crippen LogP contribution >= 0.6 is 7.26 Å². The number of carbonyl (C=O) groups is 2. The third-order valence-corrected chi connectivity index (χ3v) is 10.1. The molecule has 0 aliphatic rings. The maximum atomic E-state index is 12.2. The number of hydrogen-bond donors (Lipinski definition) is 2. The van der Waals surface area contributed by atoms with Crippen molar-refractivity contribution in [3.8, 4) is 0 Å². The molecule has 0 spiro atoms. The number of allylic oxidation sites excluding steroid dienone is 2. The van der Waals surface area contributed by atoms with Gasteiger partial charge in [0.1, 0.15) is 23.2 Å². The molecule has 3 aromatic rings. The van der Waals surface area contributed by atoms with E-state index in [-0.39, 0.29) is 30.3 Å². The molecule has 0 aromatic heterocycles. The number of amides is 1. The van der Waals surface area contributed by atoms with Crippen LogP contribution in [-0.4, -0.2) is 29.5 Å².